The Bertz CT molecular complexity index is 357. The van der Waals surface area contributed by atoms with Crippen molar-refractivity contribution in [2.45, 2.75) is 35.6 Å². The normalized spacial score (nSPS) is 28.2. The average molecular weight is 205 g/mol. The summed E-state index contributed by atoms with van der Waals surface area (Å²) in [4.78, 5) is 1.46. The van der Waals surface area contributed by atoms with Gasteiger partial charge in [0.2, 0.25) is 0 Å². The van der Waals surface area contributed by atoms with Gasteiger partial charge in [-0.3, -0.25) is 0 Å². The first-order valence-electron chi connectivity index (χ1n) is 5.30. The summed E-state index contributed by atoms with van der Waals surface area (Å²) < 4.78 is 0. The molecule has 0 saturated heterocycles. The van der Waals surface area contributed by atoms with Crippen LogP contribution in [0.25, 0.3) is 0 Å². The minimum Gasteiger partial charge on any atom is -0.325 e. The van der Waals surface area contributed by atoms with E-state index in [0.29, 0.717) is 5.92 Å². The summed E-state index contributed by atoms with van der Waals surface area (Å²) in [6, 6.07) is 8.77. The standard InChI is InChI=1S/C12H15NS/c13-12(6-7-12)10-5-8-14-11-4-2-1-3-9(10)11/h1-4,10H,5-8,13H2. The van der Waals surface area contributed by atoms with Gasteiger partial charge in [0.1, 0.15) is 0 Å². The highest BCUT2D eigenvalue weighted by molar-refractivity contribution is 7.99. The maximum Gasteiger partial charge on any atom is 0.0225 e. The molecule has 14 heavy (non-hydrogen) atoms. The Morgan fingerprint density at radius 3 is 2.86 bits per heavy atom. The van der Waals surface area contributed by atoms with E-state index >= 15 is 0 Å². The molecule has 0 radical (unpaired) electrons. The van der Waals surface area contributed by atoms with Crippen molar-refractivity contribution in [1.82, 2.24) is 0 Å². The molecule has 1 aromatic rings. The van der Waals surface area contributed by atoms with Gasteiger partial charge < -0.3 is 5.73 Å². The van der Waals surface area contributed by atoms with E-state index in [1.54, 1.807) is 0 Å². The zero-order valence-corrected chi connectivity index (χ0v) is 9.02. The number of benzene rings is 1. The van der Waals surface area contributed by atoms with Crippen molar-refractivity contribution in [3.63, 3.8) is 0 Å². The zero-order valence-electron chi connectivity index (χ0n) is 8.20. The Morgan fingerprint density at radius 2 is 2.07 bits per heavy atom. The van der Waals surface area contributed by atoms with Crippen molar-refractivity contribution in [2.24, 2.45) is 5.73 Å². The molecule has 2 N–H and O–H groups in total. The maximum absolute atomic E-state index is 6.33. The molecule has 1 unspecified atom stereocenters. The molecule has 2 heteroatoms. The maximum atomic E-state index is 6.33. The van der Waals surface area contributed by atoms with Gasteiger partial charge in [0.25, 0.3) is 0 Å². The van der Waals surface area contributed by atoms with Crippen LogP contribution in [0.2, 0.25) is 0 Å². The van der Waals surface area contributed by atoms with Crippen LogP contribution in [0, 0.1) is 0 Å². The molecule has 1 aliphatic carbocycles. The van der Waals surface area contributed by atoms with Crippen LogP contribution < -0.4 is 5.73 Å². The predicted molar refractivity (Wildman–Crippen MR) is 60.7 cm³/mol. The van der Waals surface area contributed by atoms with Gasteiger partial charge in [-0.2, -0.15) is 0 Å². The second-order valence-electron chi connectivity index (χ2n) is 4.46. The van der Waals surface area contributed by atoms with E-state index in [1.165, 1.54) is 35.5 Å². The van der Waals surface area contributed by atoms with Gasteiger partial charge in [-0.25, -0.2) is 0 Å². The average Bonchev–Trinajstić information content (AvgIpc) is 2.97. The van der Waals surface area contributed by atoms with Crippen LogP contribution in [-0.2, 0) is 0 Å². The van der Waals surface area contributed by atoms with Crippen LogP contribution in [0.3, 0.4) is 0 Å². The van der Waals surface area contributed by atoms with Gasteiger partial charge in [-0.15, -0.1) is 11.8 Å². The number of hydrogen-bond donors (Lipinski definition) is 1. The summed E-state index contributed by atoms with van der Waals surface area (Å²) in [5, 5.41) is 0. The van der Waals surface area contributed by atoms with Gasteiger partial charge in [0, 0.05) is 16.4 Å². The molecule has 0 aromatic heterocycles. The highest BCUT2D eigenvalue weighted by atomic mass is 32.2. The number of hydrogen-bond acceptors (Lipinski definition) is 2. The first kappa shape index (κ1) is 8.81. The second kappa shape index (κ2) is 3.01. The van der Waals surface area contributed by atoms with Crippen molar-refractivity contribution < 1.29 is 0 Å². The van der Waals surface area contributed by atoms with E-state index in [4.69, 9.17) is 5.73 Å². The molecule has 1 fully saturated rings. The largest absolute Gasteiger partial charge is 0.325 e. The minimum atomic E-state index is 0.150. The summed E-state index contributed by atoms with van der Waals surface area (Å²) in [5.74, 6) is 1.86. The molecule has 1 saturated carbocycles. The van der Waals surface area contributed by atoms with Gasteiger partial charge >= 0.3 is 0 Å². The Hall–Kier alpha value is -0.470. The third kappa shape index (κ3) is 1.29. The lowest BCUT2D eigenvalue weighted by Gasteiger charge is -2.29. The lowest BCUT2D eigenvalue weighted by atomic mass is 9.87. The minimum absolute atomic E-state index is 0.150. The molecular weight excluding hydrogens is 190 g/mol. The van der Waals surface area contributed by atoms with Crippen LogP contribution in [0.5, 0.6) is 0 Å². The number of thioether (sulfide) groups is 1. The summed E-state index contributed by atoms with van der Waals surface area (Å²) in [5.41, 5.74) is 7.98. The Balaban J connectivity index is 2.02. The smallest absolute Gasteiger partial charge is 0.0225 e. The SMILES string of the molecule is NC1(C2CCSc3ccccc32)CC1. The van der Waals surface area contributed by atoms with E-state index in [2.05, 4.69) is 24.3 Å². The van der Waals surface area contributed by atoms with Crippen molar-refractivity contribution >= 4 is 11.8 Å². The number of fused-ring (bicyclic) bond motifs is 1. The molecule has 1 heterocycles. The van der Waals surface area contributed by atoms with E-state index in [1.807, 2.05) is 11.8 Å². The van der Waals surface area contributed by atoms with Crippen LogP contribution in [0.4, 0.5) is 0 Å². The molecule has 3 rings (SSSR count). The van der Waals surface area contributed by atoms with Crippen molar-refractivity contribution in [2.75, 3.05) is 5.75 Å². The lowest BCUT2D eigenvalue weighted by molar-refractivity contribution is 0.497. The first-order chi connectivity index (χ1) is 6.80. The molecule has 74 valence electrons. The number of nitrogens with two attached hydrogens (primary N) is 1. The Labute approximate surface area is 89.1 Å². The van der Waals surface area contributed by atoms with E-state index in [-0.39, 0.29) is 5.54 Å². The van der Waals surface area contributed by atoms with Gasteiger partial charge in [-0.05, 0) is 36.6 Å². The number of rotatable bonds is 1. The molecule has 1 nitrogen and oxygen atoms in total. The lowest BCUT2D eigenvalue weighted by Crippen LogP contribution is -2.32. The topological polar surface area (TPSA) is 26.0 Å². The zero-order chi connectivity index (χ0) is 9.60. The quantitative estimate of drug-likeness (QED) is 0.763. The summed E-state index contributed by atoms with van der Waals surface area (Å²) in [6.45, 7) is 0. The summed E-state index contributed by atoms with van der Waals surface area (Å²) in [7, 11) is 0. The van der Waals surface area contributed by atoms with Crippen LogP contribution in [0.1, 0.15) is 30.7 Å². The fourth-order valence-electron chi connectivity index (χ4n) is 2.43. The second-order valence-corrected chi connectivity index (χ2v) is 5.60. The Morgan fingerprint density at radius 1 is 1.29 bits per heavy atom. The first-order valence-corrected chi connectivity index (χ1v) is 6.29. The van der Waals surface area contributed by atoms with E-state index in [0.717, 1.165) is 0 Å². The van der Waals surface area contributed by atoms with E-state index in [9.17, 15) is 0 Å². The molecule has 0 bridgehead atoms. The Kier molecular flexibility index (Phi) is 1.89. The predicted octanol–water partition coefficient (Wildman–Crippen LogP) is 2.76. The third-order valence-corrected chi connectivity index (χ3v) is 4.60. The van der Waals surface area contributed by atoms with Crippen molar-refractivity contribution in [1.29, 1.82) is 0 Å². The van der Waals surface area contributed by atoms with Crippen LogP contribution in [0.15, 0.2) is 29.2 Å². The molecule has 1 aliphatic heterocycles. The monoisotopic (exact) mass is 205 g/mol. The molecule has 2 aliphatic rings. The summed E-state index contributed by atoms with van der Waals surface area (Å²) in [6.07, 6.45) is 3.70. The van der Waals surface area contributed by atoms with Crippen LogP contribution in [-0.4, -0.2) is 11.3 Å². The van der Waals surface area contributed by atoms with Crippen molar-refractivity contribution in [3.8, 4) is 0 Å². The van der Waals surface area contributed by atoms with Crippen LogP contribution >= 0.6 is 11.8 Å². The highest BCUT2D eigenvalue weighted by Gasteiger charge is 2.47. The highest BCUT2D eigenvalue weighted by Crippen LogP contribution is 2.51. The van der Waals surface area contributed by atoms with Gasteiger partial charge in [0.15, 0.2) is 0 Å². The fraction of sp³-hybridized carbons (Fsp3) is 0.500. The molecular formula is C12H15NS. The van der Waals surface area contributed by atoms with Crippen molar-refractivity contribution in [3.05, 3.63) is 29.8 Å². The molecule has 1 atom stereocenters. The molecule has 0 amide bonds. The third-order valence-electron chi connectivity index (χ3n) is 3.48. The summed E-state index contributed by atoms with van der Waals surface area (Å²) >= 11 is 1.98. The molecule has 1 aromatic carbocycles. The van der Waals surface area contributed by atoms with E-state index < -0.39 is 0 Å². The fourth-order valence-corrected chi connectivity index (χ4v) is 3.56. The van der Waals surface area contributed by atoms with Gasteiger partial charge in [0.05, 0.1) is 0 Å². The van der Waals surface area contributed by atoms with Gasteiger partial charge in [-0.1, -0.05) is 18.2 Å². The molecule has 0 spiro atoms.